The summed E-state index contributed by atoms with van der Waals surface area (Å²) in [5.41, 5.74) is 3.30. The Kier molecular flexibility index (Phi) is 3.69. The van der Waals surface area contributed by atoms with Gasteiger partial charge in [0.05, 0.1) is 0 Å². The second kappa shape index (κ2) is 5.23. The molecule has 0 unspecified atom stereocenters. The standard InChI is InChI=1S/C14H14BrNO/c1-10-7-13(17)5-6-14(10)16-9-11-3-2-4-12(15)8-11/h2-8,16-17H,9H2,1H3. The van der Waals surface area contributed by atoms with Crippen molar-refractivity contribution in [1.29, 1.82) is 0 Å². The molecule has 2 aromatic rings. The lowest BCUT2D eigenvalue weighted by Crippen LogP contribution is -2.00. The first kappa shape index (κ1) is 12.0. The summed E-state index contributed by atoms with van der Waals surface area (Å²) in [5.74, 6) is 0.301. The second-order valence-electron chi connectivity index (χ2n) is 3.98. The molecule has 0 aliphatic rings. The maximum absolute atomic E-state index is 9.33. The highest BCUT2D eigenvalue weighted by Gasteiger charge is 1.99. The fourth-order valence-electron chi connectivity index (χ4n) is 1.69. The van der Waals surface area contributed by atoms with Gasteiger partial charge in [-0.3, -0.25) is 0 Å². The Bertz CT molecular complexity index is 525. The van der Waals surface area contributed by atoms with Crippen molar-refractivity contribution in [1.82, 2.24) is 0 Å². The molecule has 0 aliphatic carbocycles. The van der Waals surface area contributed by atoms with E-state index < -0.39 is 0 Å². The predicted molar refractivity (Wildman–Crippen MR) is 74.3 cm³/mol. The molecular weight excluding hydrogens is 278 g/mol. The van der Waals surface area contributed by atoms with Crippen LogP contribution in [-0.4, -0.2) is 5.11 Å². The van der Waals surface area contributed by atoms with Crippen LogP contribution in [0.5, 0.6) is 5.75 Å². The average Bonchev–Trinajstić information content (AvgIpc) is 2.28. The predicted octanol–water partition coefficient (Wildman–Crippen LogP) is 4.08. The van der Waals surface area contributed by atoms with Gasteiger partial charge in [-0.2, -0.15) is 0 Å². The second-order valence-corrected chi connectivity index (χ2v) is 4.90. The van der Waals surface area contributed by atoms with Crippen molar-refractivity contribution < 1.29 is 5.11 Å². The van der Waals surface area contributed by atoms with Crippen LogP contribution >= 0.6 is 15.9 Å². The first-order valence-corrected chi connectivity index (χ1v) is 6.22. The number of nitrogens with one attached hydrogen (secondary N) is 1. The minimum atomic E-state index is 0.301. The lowest BCUT2D eigenvalue weighted by molar-refractivity contribution is 0.475. The molecule has 0 spiro atoms. The van der Waals surface area contributed by atoms with Crippen molar-refractivity contribution in [3.05, 3.63) is 58.1 Å². The molecule has 0 bridgehead atoms. The molecule has 0 saturated carbocycles. The molecule has 0 radical (unpaired) electrons. The number of aromatic hydroxyl groups is 1. The molecule has 0 amide bonds. The van der Waals surface area contributed by atoms with Gasteiger partial charge in [-0.15, -0.1) is 0 Å². The summed E-state index contributed by atoms with van der Waals surface area (Å²) in [6.07, 6.45) is 0. The summed E-state index contributed by atoms with van der Waals surface area (Å²) in [5, 5.41) is 12.7. The molecule has 2 rings (SSSR count). The van der Waals surface area contributed by atoms with E-state index in [0.717, 1.165) is 22.3 Å². The molecular formula is C14H14BrNO. The van der Waals surface area contributed by atoms with Gasteiger partial charge in [0.1, 0.15) is 5.75 Å². The molecule has 2 aromatic carbocycles. The minimum Gasteiger partial charge on any atom is -0.508 e. The van der Waals surface area contributed by atoms with E-state index in [2.05, 4.69) is 33.4 Å². The van der Waals surface area contributed by atoms with Gasteiger partial charge in [-0.25, -0.2) is 0 Å². The van der Waals surface area contributed by atoms with Gasteiger partial charge in [0.2, 0.25) is 0 Å². The Labute approximate surface area is 109 Å². The van der Waals surface area contributed by atoms with Crippen molar-refractivity contribution in [2.45, 2.75) is 13.5 Å². The van der Waals surface area contributed by atoms with Gasteiger partial charge in [0.15, 0.2) is 0 Å². The van der Waals surface area contributed by atoms with Crippen LogP contribution in [0.25, 0.3) is 0 Å². The molecule has 0 fully saturated rings. The maximum Gasteiger partial charge on any atom is 0.115 e. The SMILES string of the molecule is Cc1cc(O)ccc1NCc1cccc(Br)c1. The Morgan fingerprint density at radius 3 is 2.71 bits per heavy atom. The fourth-order valence-corrected chi connectivity index (χ4v) is 2.14. The van der Waals surface area contributed by atoms with Crippen LogP contribution in [0, 0.1) is 6.92 Å². The van der Waals surface area contributed by atoms with E-state index in [9.17, 15) is 5.11 Å². The average molecular weight is 292 g/mol. The van der Waals surface area contributed by atoms with Crippen molar-refractivity contribution >= 4 is 21.6 Å². The van der Waals surface area contributed by atoms with Crippen LogP contribution in [0.1, 0.15) is 11.1 Å². The Morgan fingerprint density at radius 2 is 2.00 bits per heavy atom. The maximum atomic E-state index is 9.33. The number of phenols is 1. The summed E-state index contributed by atoms with van der Waals surface area (Å²) in [4.78, 5) is 0. The van der Waals surface area contributed by atoms with Crippen molar-refractivity contribution in [2.24, 2.45) is 0 Å². The summed E-state index contributed by atoms with van der Waals surface area (Å²) in [7, 11) is 0. The number of halogens is 1. The summed E-state index contributed by atoms with van der Waals surface area (Å²) >= 11 is 3.45. The largest absolute Gasteiger partial charge is 0.508 e. The van der Waals surface area contributed by atoms with Crippen molar-refractivity contribution in [3.63, 3.8) is 0 Å². The van der Waals surface area contributed by atoms with Crippen molar-refractivity contribution in [2.75, 3.05) is 5.32 Å². The summed E-state index contributed by atoms with van der Waals surface area (Å²) < 4.78 is 1.08. The highest BCUT2D eigenvalue weighted by Crippen LogP contribution is 2.21. The van der Waals surface area contributed by atoms with Gasteiger partial charge in [-0.05, 0) is 48.4 Å². The first-order chi connectivity index (χ1) is 8.15. The van der Waals surface area contributed by atoms with E-state index in [4.69, 9.17) is 0 Å². The van der Waals surface area contributed by atoms with Gasteiger partial charge < -0.3 is 10.4 Å². The number of hydrogen-bond acceptors (Lipinski definition) is 2. The fraction of sp³-hybridized carbons (Fsp3) is 0.143. The lowest BCUT2D eigenvalue weighted by atomic mass is 10.1. The summed E-state index contributed by atoms with van der Waals surface area (Å²) in [6, 6.07) is 13.5. The molecule has 0 aromatic heterocycles. The van der Waals surface area contributed by atoms with Crippen LogP contribution in [0.15, 0.2) is 46.9 Å². The van der Waals surface area contributed by atoms with Gasteiger partial charge in [0.25, 0.3) is 0 Å². The highest BCUT2D eigenvalue weighted by atomic mass is 79.9. The third-order valence-corrected chi connectivity index (χ3v) is 3.08. The number of hydrogen-bond donors (Lipinski definition) is 2. The molecule has 2 N–H and O–H groups in total. The molecule has 88 valence electrons. The topological polar surface area (TPSA) is 32.3 Å². The quantitative estimate of drug-likeness (QED) is 0.836. The molecule has 0 atom stereocenters. The van der Waals surface area contributed by atoms with Gasteiger partial charge in [0, 0.05) is 16.7 Å². The smallest absolute Gasteiger partial charge is 0.115 e. The van der Waals surface area contributed by atoms with Gasteiger partial charge >= 0.3 is 0 Å². The zero-order valence-corrected chi connectivity index (χ0v) is 11.2. The molecule has 0 heterocycles. The number of benzene rings is 2. The molecule has 0 saturated heterocycles. The van der Waals surface area contributed by atoms with E-state index in [1.54, 1.807) is 12.1 Å². The van der Waals surface area contributed by atoms with E-state index >= 15 is 0 Å². The third-order valence-electron chi connectivity index (χ3n) is 2.58. The van der Waals surface area contributed by atoms with Crippen LogP contribution in [0.4, 0.5) is 5.69 Å². The Hall–Kier alpha value is -1.48. The van der Waals surface area contributed by atoms with E-state index in [0.29, 0.717) is 5.75 Å². The molecule has 17 heavy (non-hydrogen) atoms. The first-order valence-electron chi connectivity index (χ1n) is 5.43. The van der Waals surface area contributed by atoms with Crippen LogP contribution < -0.4 is 5.32 Å². The van der Waals surface area contributed by atoms with E-state index in [1.165, 1.54) is 5.56 Å². The number of aryl methyl sites for hydroxylation is 1. The van der Waals surface area contributed by atoms with Crippen molar-refractivity contribution in [3.8, 4) is 5.75 Å². The highest BCUT2D eigenvalue weighted by molar-refractivity contribution is 9.10. The molecule has 0 aliphatic heterocycles. The van der Waals surface area contributed by atoms with Crippen LogP contribution in [0.2, 0.25) is 0 Å². The van der Waals surface area contributed by atoms with E-state index in [1.807, 2.05) is 25.1 Å². The zero-order chi connectivity index (χ0) is 12.3. The van der Waals surface area contributed by atoms with Crippen LogP contribution in [0.3, 0.4) is 0 Å². The monoisotopic (exact) mass is 291 g/mol. The minimum absolute atomic E-state index is 0.301. The molecule has 2 nitrogen and oxygen atoms in total. The normalized spacial score (nSPS) is 10.2. The molecule has 3 heteroatoms. The number of anilines is 1. The van der Waals surface area contributed by atoms with Gasteiger partial charge in [-0.1, -0.05) is 28.1 Å². The lowest BCUT2D eigenvalue weighted by Gasteiger charge is -2.10. The number of phenolic OH excluding ortho intramolecular Hbond substituents is 1. The number of rotatable bonds is 3. The Balaban J connectivity index is 2.07. The Morgan fingerprint density at radius 1 is 1.18 bits per heavy atom. The van der Waals surface area contributed by atoms with E-state index in [-0.39, 0.29) is 0 Å². The zero-order valence-electron chi connectivity index (χ0n) is 9.57. The third kappa shape index (κ3) is 3.24. The van der Waals surface area contributed by atoms with Crippen LogP contribution in [-0.2, 0) is 6.54 Å². The summed E-state index contributed by atoms with van der Waals surface area (Å²) in [6.45, 7) is 2.74.